The molecule has 3 aliphatic heterocycles. The Kier molecular flexibility index (Phi) is 4.79. The van der Waals surface area contributed by atoms with Crippen LogP contribution in [0.15, 0.2) is 30.0 Å². The van der Waals surface area contributed by atoms with E-state index in [9.17, 15) is 0 Å². The van der Waals surface area contributed by atoms with Gasteiger partial charge < -0.3 is 5.73 Å². The normalized spacial score (nSPS) is 25.9. The molecule has 0 aliphatic carbocycles. The van der Waals surface area contributed by atoms with Gasteiger partial charge in [0.2, 0.25) is 0 Å². The SMILES string of the molecule is CC(C)=CCN1C[C@H]2CC[C@@H]1CN(Cc1cccnc1N)C2. The molecular weight excluding hydrogens is 272 g/mol. The highest BCUT2D eigenvalue weighted by Crippen LogP contribution is 2.29. The van der Waals surface area contributed by atoms with Gasteiger partial charge in [0.1, 0.15) is 5.82 Å². The van der Waals surface area contributed by atoms with Crippen molar-refractivity contribution >= 4 is 5.82 Å². The first-order chi connectivity index (χ1) is 10.6. The predicted octanol–water partition coefficient (Wildman–Crippen LogP) is 2.53. The Balaban J connectivity index is 1.67. The summed E-state index contributed by atoms with van der Waals surface area (Å²) in [6.45, 7) is 10.0. The molecule has 22 heavy (non-hydrogen) atoms. The third-order valence-electron chi connectivity index (χ3n) is 4.96. The van der Waals surface area contributed by atoms with Crippen LogP contribution in [-0.4, -0.2) is 47.0 Å². The summed E-state index contributed by atoms with van der Waals surface area (Å²) in [5, 5.41) is 0. The van der Waals surface area contributed by atoms with Crippen LogP contribution in [0.2, 0.25) is 0 Å². The Morgan fingerprint density at radius 1 is 1.32 bits per heavy atom. The van der Waals surface area contributed by atoms with E-state index < -0.39 is 0 Å². The summed E-state index contributed by atoms with van der Waals surface area (Å²) in [7, 11) is 0. The van der Waals surface area contributed by atoms with Gasteiger partial charge in [-0.15, -0.1) is 0 Å². The molecule has 4 rings (SSSR count). The maximum Gasteiger partial charge on any atom is 0.127 e. The van der Waals surface area contributed by atoms with E-state index in [1.165, 1.54) is 37.1 Å². The Labute approximate surface area is 134 Å². The fourth-order valence-electron chi connectivity index (χ4n) is 3.75. The van der Waals surface area contributed by atoms with E-state index in [1.54, 1.807) is 6.20 Å². The summed E-state index contributed by atoms with van der Waals surface area (Å²) in [5.41, 5.74) is 8.60. The van der Waals surface area contributed by atoms with Crippen LogP contribution in [0.4, 0.5) is 5.82 Å². The van der Waals surface area contributed by atoms with Crippen LogP contribution in [-0.2, 0) is 6.54 Å². The number of nitrogens with zero attached hydrogens (tertiary/aromatic N) is 3. The molecule has 0 amide bonds. The van der Waals surface area contributed by atoms with E-state index in [1.807, 2.05) is 6.07 Å². The highest BCUT2D eigenvalue weighted by Gasteiger charge is 2.34. The van der Waals surface area contributed by atoms with Crippen molar-refractivity contribution in [3.05, 3.63) is 35.5 Å². The van der Waals surface area contributed by atoms with Crippen molar-refractivity contribution < 1.29 is 0 Å². The van der Waals surface area contributed by atoms with E-state index in [2.05, 4.69) is 40.8 Å². The topological polar surface area (TPSA) is 45.4 Å². The molecule has 0 unspecified atom stereocenters. The molecule has 2 N–H and O–H groups in total. The molecule has 120 valence electrons. The zero-order valence-corrected chi connectivity index (χ0v) is 13.8. The molecule has 0 radical (unpaired) electrons. The van der Waals surface area contributed by atoms with Crippen molar-refractivity contribution in [2.45, 2.75) is 39.3 Å². The van der Waals surface area contributed by atoms with E-state index in [0.717, 1.165) is 25.6 Å². The molecule has 0 saturated carbocycles. The van der Waals surface area contributed by atoms with Crippen LogP contribution in [0.5, 0.6) is 0 Å². The lowest BCUT2D eigenvalue weighted by Gasteiger charge is -2.35. The number of pyridine rings is 1. The lowest BCUT2D eigenvalue weighted by atomic mass is 9.95. The van der Waals surface area contributed by atoms with Crippen LogP contribution in [0.1, 0.15) is 32.3 Å². The zero-order valence-electron chi connectivity index (χ0n) is 13.8. The minimum absolute atomic E-state index is 0.681. The Bertz CT molecular complexity index is 536. The lowest BCUT2D eigenvalue weighted by molar-refractivity contribution is 0.146. The maximum atomic E-state index is 6.01. The van der Waals surface area contributed by atoms with Gasteiger partial charge in [0.25, 0.3) is 0 Å². The van der Waals surface area contributed by atoms with Gasteiger partial charge in [-0.1, -0.05) is 17.7 Å². The molecule has 1 aromatic heterocycles. The van der Waals surface area contributed by atoms with Crippen molar-refractivity contribution in [3.63, 3.8) is 0 Å². The number of piperidine rings is 1. The smallest absolute Gasteiger partial charge is 0.127 e. The average Bonchev–Trinajstić information content (AvgIpc) is 2.78. The van der Waals surface area contributed by atoms with Gasteiger partial charge in [0.15, 0.2) is 0 Å². The highest BCUT2D eigenvalue weighted by molar-refractivity contribution is 5.38. The largest absolute Gasteiger partial charge is 0.383 e. The van der Waals surface area contributed by atoms with Gasteiger partial charge in [0, 0.05) is 50.5 Å². The van der Waals surface area contributed by atoms with E-state index in [0.29, 0.717) is 11.9 Å². The number of hydrogen-bond donors (Lipinski definition) is 1. The van der Waals surface area contributed by atoms with Gasteiger partial charge in [-0.3, -0.25) is 9.80 Å². The van der Waals surface area contributed by atoms with Crippen molar-refractivity contribution in [2.24, 2.45) is 5.92 Å². The summed E-state index contributed by atoms with van der Waals surface area (Å²) in [6.07, 6.45) is 6.84. The van der Waals surface area contributed by atoms with Crippen LogP contribution in [0.3, 0.4) is 0 Å². The molecule has 0 spiro atoms. The van der Waals surface area contributed by atoms with Gasteiger partial charge in [-0.2, -0.15) is 0 Å². The van der Waals surface area contributed by atoms with Gasteiger partial charge >= 0.3 is 0 Å². The molecule has 2 atom stereocenters. The van der Waals surface area contributed by atoms with Crippen molar-refractivity contribution in [1.29, 1.82) is 0 Å². The number of anilines is 1. The highest BCUT2D eigenvalue weighted by atomic mass is 15.3. The summed E-state index contributed by atoms with van der Waals surface area (Å²) in [4.78, 5) is 9.47. The molecule has 3 saturated heterocycles. The minimum Gasteiger partial charge on any atom is -0.383 e. The average molecular weight is 300 g/mol. The van der Waals surface area contributed by atoms with Crippen LogP contribution < -0.4 is 5.73 Å². The number of aromatic nitrogens is 1. The number of nitrogen functional groups attached to an aromatic ring is 1. The predicted molar refractivity (Wildman–Crippen MR) is 91.4 cm³/mol. The second-order valence-electron chi connectivity index (χ2n) is 7.07. The Morgan fingerprint density at radius 2 is 2.18 bits per heavy atom. The van der Waals surface area contributed by atoms with Gasteiger partial charge in [0.05, 0.1) is 0 Å². The third kappa shape index (κ3) is 3.68. The molecular formula is C18H28N4. The molecule has 4 heterocycles. The van der Waals surface area contributed by atoms with E-state index in [-0.39, 0.29) is 0 Å². The van der Waals surface area contributed by atoms with Gasteiger partial charge in [-0.05, 0) is 38.7 Å². The maximum absolute atomic E-state index is 6.01. The monoisotopic (exact) mass is 300 g/mol. The minimum atomic E-state index is 0.681. The van der Waals surface area contributed by atoms with Crippen molar-refractivity contribution in [2.75, 3.05) is 31.9 Å². The number of allylic oxidation sites excluding steroid dienone is 1. The van der Waals surface area contributed by atoms with Crippen LogP contribution in [0.25, 0.3) is 0 Å². The number of nitrogens with two attached hydrogens (primary N) is 1. The lowest BCUT2D eigenvalue weighted by Crippen LogP contribution is -2.43. The second kappa shape index (κ2) is 6.80. The standard InChI is InChI=1S/C18H28N4/c1-14(2)7-9-22-11-15-5-6-17(22)13-21(10-15)12-16-4-3-8-20-18(16)19/h3-4,7-8,15,17H,5-6,9-13H2,1-2H3,(H2,19,20)/t15-,17+/m0/s1. The first kappa shape index (κ1) is 15.5. The van der Waals surface area contributed by atoms with E-state index >= 15 is 0 Å². The van der Waals surface area contributed by atoms with Gasteiger partial charge in [-0.25, -0.2) is 4.98 Å². The molecule has 1 aromatic rings. The fraction of sp³-hybridized carbons (Fsp3) is 0.611. The van der Waals surface area contributed by atoms with Crippen molar-refractivity contribution in [1.82, 2.24) is 14.8 Å². The molecule has 4 heteroatoms. The summed E-state index contributed by atoms with van der Waals surface area (Å²) in [5.74, 6) is 1.47. The third-order valence-corrected chi connectivity index (χ3v) is 4.96. The number of rotatable bonds is 4. The zero-order chi connectivity index (χ0) is 15.5. The quantitative estimate of drug-likeness (QED) is 0.868. The number of fused-ring (bicyclic) bond motifs is 4. The summed E-state index contributed by atoms with van der Waals surface area (Å²) in [6, 6.07) is 4.78. The second-order valence-corrected chi connectivity index (χ2v) is 7.07. The Hall–Kier alpha value is -1.39. The summed E-state index contributed by atoms with van der Waals surface area (Å²) < 4.78 is 0. The molecule has 2 bridgehead atoms. The first-order valence-electron chi connectivity index (χ1n) is 8.41. The number of hydrogen-bond acceptors (Lipinski definition) is 4. The summed E-state index contributed by atoms with van der Waals surface area (Å²) >= 11 is 0. The van der Waals surface area contributed by atoms with Crippen LogP contribution in [0, 0.1) is 5.92 Å². The Morgan fingerprint density at radius 3 is 2.95 bits per heavy atom. The fourth-order valence-corrected chi connectivity index (χ4v) is 3.75. The first-order valence-corrected chi connectivity index (χ1v) is 8.41. The van der Waals surface area contributed by atoms with Crippen molar-refractivity contribution in [3.8, 4) is 0 Å². The molecule has 3 fully saturated rings. The molecule has 3 aliphatic rings. The molecule has 4 nitrogen and oxygen atoms in total. The van der Waals surface area contributed by atoms with E-state index in [4.69, 9.17) is 5.73 Å². The van der Waals surface area contributed by atoms with Crippen LogP contribution >= 0.6 is 0 Å². The molecule has 0 aromatic carbocycles.